The van der Waals surface area contributed by atoms with Crippen molar-refractivity contribution in [3.05, 3.63) is 0 Å². The maximum absolute atomic E-state index is 2.48. The average Bonchev–Trinajstić information content (AvgIpc) is 2.15. The van der Waals surface area contributed by atoms with Gasteiger partial charge in [-0.2, -0.15) is 0 Å². The van der Waals surface area contributed by atoms with Crippen molar-refractivity contribution in [2.75, 3.05) is 0 Å². The molecule has 0 heteroatoms. The third kappa shape index (κ3) is 4.02. The van der Waals surface area contributed by atoms with Gasteiger partial charge in [0.15, 0.2) is 0 Å². The van der Waals surface area contributed by atoms with Gasteiger partial charge >= 0.3 is 0 Å². The van der Waals surface area contributed by atoms with Crippen LogP contribution in [0.1, 0.15) is 73.6 Å². The first-order valence-corrected chi connectivity index (χ1v) is 6.50. The highest BCUT2D eigenvalue weighted by molar-refractivity contribution is 4.80. The SMILES string of the molecule is CCCC(CC(C)C)C(C)(CC)CC. The molecule has 0 fully saturated rings. The second-order valence-electron chi connectivity index (χ2n) is 5.48. The van der Waals surface area contributed by atoms with Gasteiger partial charge in [-0.05, 0) is 23.7 Å². The van der Waals surface area contributed by atoms with E-state index < -0.39 is 0 Å². The smallest absolute Gasteiger partial charge is 0.0303 e. The summed E-state index contributed by atoms with van der Waals surface area (Å²) in [7, 11) is 0. The molecule has 0 spiro atoms. The van der Waals surface area contributed by atoms with Crippen LogP contribution >= 0.6 is 0 Å². The highest BCUT2D eigenvalue weighted by atomic mass is 14.3. The molecule has 1 atom stereocenters. The van der Waals surface area contributed by atoms with Crippen molar-refractivity contribution < 1.29 is 0 Å². The summed E-state index contributed by atoms with van der Waals surface area (Å²) in [5.41, 5.74) is 0.584. The molecule has 0 heterocycles. The zero-order valence-corrected chi connectivity index (χ0v) is 11.2. The molecule has 0 radical (unpaired) electrons. The van der Waals surface area contributed by atoms with E-state index in [4.69, 9.17) is 0 Å². The maximum atomic E-state index is 2.48. The Labute approximate surface area is 91.5 Å². The molecule has 0 bridgehead atoms. The molecule has 0 saturated carbocycles. The molecule has 86 valence electrons. The van der Waals surface area contributed by atoms with Crippen LogP contribution in [0, 0.1) is 17.3 Å². The predicted molar refractivity (Wildman–Crippen MR) is 66.5 cm³/mol. The minimum Gasteiger partial charge on any atom is -0.0654 e. The van der Waals surface area contributed by atoms with Crippen LogP contribution in [0.15, 0.2) is 0 Å². The monoisotopic (exact) mass is 198 g/mol. The first-order valence-electron chi connectivity index (χ1n) is 6.50. The van der Waals surface area contributed by atoms with E-state index in [-0.39, 0.29) is 0 Å². The van der Waals surface area contributed by atoms with E-state index in [0.29, 0.717) is 5.41 Å². The highest BCUT2D eigenvalue weighted by Gasteiger charge is 2.30. The summed E-state index contributed by atoms with van der Waals surface area (Å²) in [5.74, 6) is 1.78. The molecule has 0 aliphatic carbocycles. The van der Waals surface area contributed by atoms with Crippen molar-refractivity contribution in [3.63, 3.8) is 0 Å². The normalized spacial score (nSPS) is 14.8. The molecule has 0 amide bonds. The van der Waals surface area contributed by atoms with Gasteiger partial charge in [0.1, 0.15) is 0 Å². The molecule has 0 aromatic rings. The van der Waals surface area contributed by atoms with Crippen LogP contribution in [-0.2, 0) is 0 Å². The fourth-order valence-corrected chi connectivity index (χ4v) is 2.50. The standard InChI is InChI=1S/C14H30/c1-7-10-13(11-12(4)5)14(6,8-2)9-3/h12-13H,7-11H2,1-6H3. The Morgan fingerprint density at radius 2 is 1.50 bits per heavy atom. The first kappa shape index (κ1) is 14.0. The average molecular weight is 198 g/mol. The summed E-state index contributed by atoms with van der Waals surface area (Å²) in [4.78, 5) is 0. The van der Waals surface area contributed by atoms with Crippen molar-refractivity contribution in [2.45, 2.75) is 73.6 Å². The lowest BCUT2D eigenvalue weighted by molar-refractivity contribution is 0.133. The minimum absolute atomic E-state index is 0.584. The van der Waals surface area contributed by atoms with Crippen molar-refractivity contribution >= 4 is 0 Å². The molecule has 0 saturated heterocycles. The van der Waals surface area contributed by atoms with Crippen LogP contribution in [0.2, 0.25) is 0 Å². The second kappa shape index (κ2) is 6.48. The summed E-state index contributed by atoms with van der Waals surface area (Å²) in [6.45, 7) is 14.2. The molecular formula is C14H30. The van der Waals surface area contributed by atoms with Crippen LogP contribution in [0.25, 0.3) is 0 Å². The number of hydrogen-bond acceptors (Lipinski definition) is 0. The van der Waals surface area contributed by atoms with Crippen molar-refractivity contribution in [3.8, 4) is 0 Å². The lowest BCUT2D eigenvalue weighted by Gasteiger charge is -2.37. The topological polar surface area (TPSA) is 0 Å². The quantitative estimate of drug-likeness (QED) is 0.522. The van der Waals surface area contributed by atoms with E-state index in [1.165, 1.54) is 32.1 Å². The van der Waals surface area contributed by atoms with Crippen LogP contribution in [0.3, 0.4) is 0 Å². The molecular weight excluding hydrogens is 168 g/mol. The number of rotatable bonds is 7. The van der Waals surface area contributed by atoms with Gasteiger partial charge in [0.2, 0.25) is 0 Å². The third-order valence-corrected chi connectivity index (χ3v) is 3.99. The molecule has 0 nitrogen and oxygen atoms in total. The van der Waals surface area contributed by atoms with Gasteiger partial charge in [-0.1, -0.05) is 67.2 Å². The fourth-order valence-electron chi connectivity index (χ4n) is 2.50. The Balaban J connectivity index is 4.43. The summed E-state index contributed by atoms with van der Waals surface area (Å²) in [6.07, 6.45) is 6.83. The van der Waals surface area contributed by atoms with Crippen LogP contribution < -0.4 is 0 Å². The second-order valence-corrected chi connectivity index (χ2v) is 5.48. The van der Waals surface area contributed by atoms with Gasteiger partial charge < -0.3 is 0 Å². The molecule has 0 aliphatic rings. The van der Waals surface area contributed by atoms with E-state index in [2.05, 4.69) is 41.5 Å². The Morgan fingerprint density at radius 3 is 1.79 bits per heavy atom. The summed E-state index contributed by atoms with van der Waals surface area (Å²) in [6, 6.07) is 0. The first-order chi connectivity index (χ1) is 6.50. The lowest BCUT2D eigenvalue weighted by atomic mass is 9.68. The largest absolute Gasteiger partial charge is 0.0654 e. The van der Waals surface area contributed by atoms with Gasteiger partial charge in [-0.15, -0.1) is 0 Å². The van der Waals surface area contributed by atoms with E-state index in [0.717, 1.165) is 11.8 Å². The van der Waals surface area contributed by atoms with Crippen molar-refractivity contribution in [2.24, 2.45) is 17.3 Å². The minimum atomic E-state index is 0.584. The third-order valence-electron chi connectivity index (χ3n) is 3.99. The van der Waals surface area contributed by atoms with E-state index in [9.17, 15) is 0 Å². The zero-order chi connectivity index (χ0) is 11.2. The molecule has 0 aliphatic heterocycles. The van der Waals surface area contributed by atoms with Crippen molar-refractivity contribution in [1.82, 2.24) is 0 Å². The van der Waals surface area contributed by atoms with Gasteiger partial charge in [-0.25, -0.2) is 0 Å². The Kier molecular flexibility index (Phi) is 6.48. The van der Waals surface area contributed by atoms with E-state index >= 15 is 0 Å². The predicted octanol–water partition coefficient (Wildman–Crippen LogP) is 5.28. The van der Waals surface area contributed by atoms with Crippen LogP contribution in [0.5, 0.6) is 0 Å². The molecule has 0 rings (SSSR count). The summed E-state index contributed by atoms with van der Waals surface area (Å²) in [5, 5.41) is 0. The summed E-state index contributed by atoms with van der Waals surface area (Å²) >= 11 is 0. The van der Waals surface area contributed by atoms with Gasteiger partial charge in [-0.3, -0.25) is 0 Å². The van der Waals surface area contributed by atoms with Gasteiger partial charge in [0.05, 0.1) is 0 Å². The molecule has 0 aromatic heterocycles. The summed E-state index contributed by atoms with van der Waals surface area (Å²) < 4.78 is 0. The highest BCUT2D eigenvalue weighted by Crippen LogP contribution is 2.40. The van der Waals surface area contributed by atoms with Gasteiger partial charge in [0, 0.05) is 0 Å². The lowest BCUT2D eigenvalue weighted by Crippen LogP contribution is -2.27. The zero-order valence-electron chi connectivity index (χ0n) is 11.2. The molecule has 14 heavy (non-hydrogen) atoms. The Bertz CT molecular complexity index is 131. The van der Waals surface area contributed by atoms with Gasteiger partial charge in [0.25, 0.3) is 0 Å². The van der Waals surface area contributed by atoms with Crippen LogP contribution in [0.4, 0.5) is 0 Å². The van der Waals surface area contributed by atoms with Crippen molar-refractivity contribution in [1.29, 1.82) is 0 Å². The van der Waals surface area contributed by atoms with Crippen LogP contribution in [-0.4, -0.2) is 0 Å². The van der Waals surface area contributed by atoms with E-state index in [1.54, 1.807) is 0 Å². The fraction of sp³-hybridized carbons (Fsp3) is 1.00. The number of hydrogen-bond donors (Lipinski definition) is 0. The molecule has 0 aromatic carbocycles. The molecule has 0 N–H and O–H groups in total. The Hall–Kier alpha value is 0. The Morgan fingerprint density at radius 1 is 1.00 bits per heavy atom. The molecule has 1 unspecified atom stereocenters. The van der Waals surface area contributed by atoms with E-state index in [1.807, 2.05) is 0 Å². The maximum Gasteiger partial charge on any atom is -0.0303 e.